The van der Waals surface area contributed by atoms with Crippen molar-refractivity contribution >= 4 is 11.6 Å². The highest BCUT2D eigenvalue weighted by atomic mass is 15.3. The van der Waals surface area contributed by atoms with Crippen LogP contribution in [0.1, 0.15) is 37.9 Å². The number of rotatable bonds is 5. The molecule has 5 nitrogen and oxygen atoms in total. The number of piperazine rings is 1. The van der Waals surface area contributed by atoms with E-state index >= 15 is 0 Å². The molecule has 1 N–H and O–H groups in total. The molecular weight excluding hydrogens is 250 g/mol. The van der Waals surface area contributed by atoms with Crippen LogP contribution in [-0.2, 0) is 0 Å². The van der Waals surface area contributed by atoms with Gasteiger partial charge in [0.1, 0.15) is 17.5 Å². The zero-order valence-corrected chi connectivity index (χ0v) is 12.6. The van der Waals surface area contributed by atoms with E-state index in [1.54, 1.807) is 0 Å². The molecule has 1 aromatic rings. The van der Waals surface area contributed by atoms with Crippen LogP contribution in [0.15, 0.2) is 6.07 Å². The second-order valence-corrected chi connectivity index (χ2v) is 5.82. The van der Waals surface area contributed by atoms with E-state index in [-0.39, 0.29) is 0 Å². The fourth-order valence-electron chi connectivity index (χ4n) is 2.78. The summed E-state index contributed by atoms with van der Waals surface area (Å²) in [6, 6.07) is 2.08. The van der Waals surface area contributed by atoms with E-state index in [4.69, 9.17) is 4.98 Å². The molecule has 2 aliphatic rings. The first-order valence-electron chi connectivity index (χ1n) is 7.84. The summed E-state index contributed by atoms with van der Waals surface area (Å²) < 4.78 is 0. The maximum atomic E-state index is 4.79. The minimum absolute atomic E-state index is 0.600. The number of anilines is 2. The molecule has 1 saturated carbocycles. The van der Waals surface area contributed by atoms with Crippen LogP contribution in [0.5, 0.6) is 0 Å². The Balaban J connectivity index is 1.71. The summed E-state index contributed by atoms with van der Waals surface area (Å²) in [6.07, 6.45) is 3.73. The minimum Gasteiger partial charge on any atom is -0.373 e. The van der Waals surface area contributed by atoms with Crippen LogP contribution in [0, 0.1) is 0 Å². The Morgan fingerprint density at radius 1 is 1.20 bits per heavy atom. The van der Waals surface area contributed by atoms with Gasteiger partial charge in [-0.25, -0.2) is 9.97 Å². The normalized spacial score (nSPS) is 20.2. The topological polar surface area (TPSA) is 44.3 Å². The first kappa shape index (κ1) is 13.6. The lowest BCUT2D eigenvalue weighted by molar-refractivity contribution is 0.258. The highest BCUT2D eigenvalue weighted by molar-refractivity contribution is 5.50. The van der Waals surface area contributed by atoms with E-state index in [0.29, 0.717) is 5.92 Å². The monoisotopic (exact) mass is 275 g/mol. The third-order valence-corrected chi connectivity index (χ3v) is 4.16. The van der Waals surface area contributed by atoms with Crippen LogP contribution < -0.4 is 10.2 Å². The summed E-state index contributed by atoms with van der Waals surface area (Å²) in [5.41, 5.74) is 0. The Labute approximate surface area is 121 Å². The Kier molecular flexibility index (Phi) is 4.05. The summed E-state index contributed by atoms with van der Waals surface area (Å²) in [5.74, 6) is 3.68. The summed E-state index contributed by atoms with van der Waals surface area (Å²) in [6.45, 7) is 7.90. The van der Waals surface area contributed by atoms with E-state index in [0.717, 1.165) is 43.6 Å². The van der Waals surface area contributed by atoms with Gasteiger partial charge in [0, 0.05) is 45.2 Å². The summed E-state index contributed by atoms with van der Waals surface area (Å²) in [7, 11) is 1.93. The zero-order chi connectivity index (χ0) is 13.9. The number of hydrogen-bond donors (Lipinski definition) is 1. The second kappa shape index (κ2) is 5.95. The Morgan fingerprint density at radius 3 is 2.55 bits per heavy atom. The molecule has 0 unspecified atom stereocenters. The summed E-state index contributed by atoms with van der Waals surface area (Å²) >= 11 is 0. The maximum absolute atomic E-state index is 4.79. The van der Waals surface area contributed by atoms with Crippen molar-refractivity contribution in [3.8, 4) is 0 Å². The van der Waals surface area contributed by atoms with Gasteiger partial charge < -0.3 is 10.2 Å². The van der Waals surface area contributed by atoms with E-state index in [1.807, 2.05) is 7.05 Å². The van der Waals surface area contributed by atoms with Crippen molar-refractivity contribution < 1.29 is 0 Å². The van der Waals surface area contributed by atoms with Gasteiger partial charge in [-0.15, -0.1) is 0 Å². The smallest absolute Gasteiger partial charge is 0.136 e. The molecule has 1 aromatic heterocycles. The molecule has 0 atom stereocenters. The van der Waals surface area contributed by atoms with Gasteiger partial charge in [0.25, 0.3) is 0 Å². The third-order valence-electron chi connectivity index (χ3n) is 4.16. The van der Waals surface area contributed by atoms with Crippen LogP contribution >= 0.6 is 0 Å². The third kappa shape index (κ3) is 3.03. The number of hydrogen-bond acceptors (Lipinski definition) is 5. The molecule has 1 aliphatic heterocycles. The highest BCUT2D eigenvalue weighted by Gasteiger charge is 2.28. The van der Waals surface area contributed by atoms with E-state index in [9.17, 15) is 0 Å². The molecule has 0 aromatic carbocycles. The van der Waals surface area contributed by atoms with Crippen LogP contribution in [0.4, 0.5) is 11.6 Å². The van der Waals surface area contributed by atoms with Crippen molar-refractivity contribution in [2.75, 3.05) is 50.0 Å². The predicted octanol–water partition coefficient (Wildman–Crippen LogP) is 1.93. The van der Waals surface area contributed by atoms with E-state index in [1.165, 1.54) is 25.8 Å². The molecule has 0 amide bonds. The van der Waals surface area contributed by atoms with Crippen molar-refractivity contribution in [2.24, 2.45) is 0 Å². The van der Waals surface area contributed by atoms with Crippen LogP contribution in [0.25, 0.3) is 0 Å². The van der Waals surface area contributed by atoms with Crippen molar-refractivity contribution in [1.29, 1.82) is 0 Å². The number of nitrogens with one attached hydrogen (secondary N) is 1. The average Bonchev–Trinajstić information content (AvgIpc) is 3.32. The highest BCUT2D eigenvalue weighted by Crippen LogP contribution is 2.39. The molecule has 3 rings (SSSR count). The molecule has 0 spiro atoms. The lowest BCUT2D eigenvalue weighted by Crippen LogP contribution is -2.46. The van der Waals surface area contributed by atoms with Crippen molar-refractivity contribution in [3.05, 3.63) is 11.9 Å². The summed E-state index contributed by atoms with van der Waals surface area (Å²) in [5, 5.41) is 3.17. The van der Waals surface area contributed by atoms with Gasteiger partial charge in [-0.2, -0.15) is 0 Å². The molecule has 5 heteroatoms. The van der Waals surface area contributed by atoms with Crippen LogP contribution in [0.3, 0.4) is 0 Å². The molecule has 20 heavy (non-hydrogen) atoms. The maximum Gasteiger partial charge on any atom is 0.136 e. The number of nitrogens with zero attached hydrogens (tertiary/aromatic N) is 4. The Morgan fingerprint density at radius 2 is 1.95 bits per heavy atom. The van der Waals surface area contributed by atoms with Crippen LogP contribution in [0.2, 0.25) is 0 Å². The Hall–Kier alpha value is -1.36. The quantitative estimate of drug-likeness (QED) is 0.889. The molecule has 0 bridgehead atoms. The molecular formula is C15H25N5. The fraction of sp³-hybridized carbons (Fsp3) is 0.733. The van der Waals surface area contributed by atoms with Gasteiger partial charge in [-0.1, -0.05) is 6.92 Å². The van der Waals surface area contributed by atoms with Gasteiger partial charge in [0.15, 0.2) is 0 Å². The second-order valence-electron chi connectivity index (χ2n) is 5.82. The van der Waals surface area contributed by atoms with Gasteiger partial charge >= 0.3 is 0 Å². The van der Waals surface area contributed by atoms with Crippen molar-refractivity contribution in [3.63, 3.8) is 0 Å². The SMILES string of the molecule is CCCN1CCN(c2cc(NC)nc(C3CC3)n2)CC1. The first-order valence-corrected chi connectivity index (χ1v) is 7.84. The van der Waals surface area contributed by atoms with Crippen molar-refractivity contribution in [1.82, 2.24) is 14.9 Å². The fourth-order valence-corrected chi connectivity index (χ4v) is 2.78. The lowest BCUT2D eigenvalue weighted by atomic mass is 10.3. The molecule has 2 heterocycles. The molecule has 110 valence electrons. The van der Waals surface area contributed by atoms with Gasteiger partial charge in [0.05, 0.1) is 0 Å². The largest absolute Gasteiger partial charge is 0.373 e. The van der Waals surface area contributed by atoms with E-state index < -0.39 is 0 Å². The average molecular weight is 275 g/mol. The molecule has 0 radical (unpaired) electrons. The van der Waals surface area contributed by atoms with E-state index in [2.05, 4.69) is 33.1 Å². The zero-order valence-electron chi connectivity index (χ0n) is 12.6. The Bertz CT molecular complexity index is 450. The predicted molar refractivity (Wildman–Crippen MR) is 82.5 cm³/mol. The van der Waals surface area contributed by atoms with Gasteiger partial charge in [-0.3, -0.25) is 4.90 Å². The van der Waals surface area contributed by atoms with Crippen molar-refractivity contribution in [2.45, 2.75) is 32.1 Å². The molecule has 2 fully saturated rings. The van der Waals surface area contributed by atoms with Crippen LogP contribution in [-0.4, -0.2) is 54.6 Å². The first-order chi connectivity index (χ1) is 9.80. The number of aromatic nitrogens is 2. The molecule has 1 aliphatic carbocycles. The lowest BCUT2D eigenvalue weighted by Gasteiger charge is -2.35. The molecule has 1 saturated heterocycles. The van der Waals surface area contributed by atoms with Gasteiger partial charge in [0.2, 0.25) is 0 Å². The summed E-state index contributed by atoms with van der Waals surface area (Å²) in [4.78, 5) is 14.3. The van der Waals surface area contributed by atoms with Gasteiger partial charge in [-0.05, 0) is 25.8 Å². The minimum atomic E-state index is 0.600. The standard InChI is InChI=1S/C15H25N5/c1-3-6-19-7-9-20(10-8-19)14-11-13(16-2)17-15(18-14)12-4-5-12/h11-12H,3-10H2,1-2H3,(H,16,17,18).